The second kappa shape index (κ2) is 12.7. The molecule has 1 amide bonds. The van der Waals surface area contributed by atoms with E-state index in [1.165, 1.54) is 17.7 Å². The van der Waals surface area contributed by atoms with Crippen LogP contribution < -0.4 is 15.4 Å². The number of carbonyl (C=O) groups excluding carboxylic acids is 2. The molecule has 0 bridgehead atoms. The Labute approximate surface area is 223 Å². The van der Waals surface area contributed by atoms with E-state index in [0.717, 1.165) is 49.3 Å². The number of aryl methyl sites for hydroxylation is 3. The van der Waals surface area contributed by atoms with Crippen LogP contribution in [0, 0.1) is 0 Å². The fraction of sp³-hybridized carbons (Fsp3) is 0.321. The first kappa shape index (κ1) is 27.3. The molecule has 1 aliphatic heterocycles. The number of nitrogens with one attached hydrogen (secondary N) is 3. The average molecular weight is 537 g/mol. The lowest BCUT2D eigenvalue weighted by molar-refractivity contribution is -0.144. The molecule has 10 heteroatoms. The summed E-state index contributed by atoms with van der Waals surface area (Å²) in [4.78, 5) is 29.9. The standard InChI is InChI=1S/C28H32N4O5S/c1-2-37-28(34)25(32-38(35,36)24-8-4-3-5-9-24)19-30-27(33)22-13-10-20(11-14-22)12-16-23-17-15-21-7-6-18-29-26(21)31-23/h3-5,8-11,13-15,17,25,32H,2,6-7,12,16,18-19H2,1H3,(H,29,31)(H,30,33). The molecule has 0 aliphatic carbocycles. The zero-order valence-electron chi connectivity index (χ0n) is 21.3. The summed E-state index contributed by atoms with van der Waals surface area (Å²) >= 11 is 0. The number of amides is 1. The lowest BCUT2D eigenvalue weighted by Crippen LogP contribution is -2.49. The Bertz CT molecular complexity index is 1360. The summed E-state index contributed by atoms with van der Waals surface area (Å²) in [6.07, 6.45) is 3.74. The van der Waals surface area contributed by atoms with E-state index in [1.54, 1.807) is 37.3 Å². The number of pyridine rings is 1. The molecule has 0 spiro atoms. The van der Waals surface area contributed by atoms with Crippen molar-refractivity contribution >= 4 is 27.7 Å². The number of benzene rings is 2. The number of nitrogens with zero attached hydrogens (tertiary/aromatic N) is 1. The van der Waals surface area contributed by atoms with Crippen molar-refractivity contribution < 1.29 is 22.7 Å². The number of carbonyl (C=O) groups is 2. The van der Waals surface area contributed by atoms with Crippen molar-refractivity contribution in [2.45, 2.75) is 43.5 Å². The van der Waals surface area contributed by atoms with Crippen LogP contribution in [0.15, 0.2) is 71.6 Å². The van der Waals surface area contributed by atoms with Gasteiger partial charge in [0.1, 0.15) is 11.9 Å². The predicted molar refractivity (Wildman–Crippen MR) is 144 cm³/mol. The highest BCUT2D eigenvalue weighted by atomic mass is 32.2. The maximum Gasteiger partial charge on any atom is 0.326 e. The van der Waals surface area contributed by atoms with Crippen LogP contribution in [0.5, 0.6) is 0 Å². The highest BCUT2D eigenvalue weighted by molar-refractivity contribution is 7.89. The summed E-state index contributed by atoms with van der Waals surface area (Å²) in [6, 6.07) is 17.8. The van der Waals surface area contributed by atoms with Gasteiger partial charge in [0, 0.05) is 24.3 Å². The summed E-state index contributed by atoms with van der Waals surface area (Å²) < 4.78 is 32.7. The van der Waals surface area contributed by atoms with Crippen molar-refractivity contribution in [3.8, 4) is 0 Å². The molecule has 38 heavy (non-hydrogen) atoms. The molecule has 3 aromatic rings. The van der Waals surface area contributed by atoms with Crippen LogP contribution in [0.3, 0.4) is 0 Å². The minimum Gasteiger partial charge on any atom is -0.465 e. The molecule has 1 aliphatic rings. The average Bonchev–Trinajstić information content (AvgIpc) is 2.94. The zero-order valence-corrected chi connectivity index (χ0v) is 22.1. The smallest absolute Gasteiger partial charge is 0.326 e. The number of rotatable bonds is 11. The molecule has 1 aromatic heterocycles. The van der Waals surface area contributed by atoms with Crippen molar-refractivity contribution in [2.24, 2.45) is 0 Å². The monoisotopic (exact) mass is 536 g/mol. The Hall–Kier alpha value is -3.76. The molecule has 4 rings (SSSR count). The van der Waals surface area contributed by atoms with Crippen molar-refractivity contribution in [1.82, 2.24) is 15.0 Å². The number of ether oxygens (including phenoxy) is 1. The third-order valence-corrected chi connectivity index (χ3v) is 7.71. The summed E-state index contributed by atoms with van der Waals surface area (Å²) in [6.45, 7) is 2.39. The molecule has 1 atom stereocenters. The fourth-order valence-electron chi connectivity index (χ4n) is 4.17. The van der Waals surface area contributed by atoms with E-state index in [0.29, 0.717) is 5.56 Å². The van der Waals surface area contributed by atoms with Crippen LogP contribution >= 0.6 is 0 Å². The van der Waals surface area contributed by atoms with Gasteiger partial charge in [-0.05, 0) is 74.1 Å². The van der Waals surface area contributed by atoms with Gasteiger partial charge in [0.15, 0.2) is 0 Å². The summed E-state index contributed by atoms with van der Waals surface area (Å²) in [7, 11) is -3.99. The van der Waals surface area contributed by atoms with E-state index in [-0.39, 0.29) is 18.0 Å². The van der Waals surface area contributed by atoms with Gasteiger partial charge in [0.2, 0.25) is 10.0 Å². The van der Waals surface area contributed by atoms with Gasteiger partial charge in [-0.15, -0.1) is 0 Å². The highest BCUT2D eigenvalue weighted by Crippen LogP contribution is 2.20. The Kier molecular flexibility index (Phi) is 9.09. The van der Waals surface area contributed by atoms with Crippen LogP contribution in [-0.4, -0.2) is 51.0 Å². The lowest BCUT2D eigenvalue weighted by Gasteiger charge is -2.18. The lowest BCUT2D eigenvalue weighted by atomic mass is 10.0. The van der Waals surface area contributed by atoms with Gasteiger partial charge >= 0.3 is 5.97 Å². The van der Waals surface area contributed by atoms with Crippen molar-refractivity contribution in [1.29, 1.82) is 0 Å². The normalized spacial score (nSPS) is 13.6. The van der Waals surface area contributed by atoms with Crippen LogP contribution in [0.4, 0.5) is 5.82 Å². The molecule has 2 heterocycles. The molecule has 0 radical (unpaired) electrons. The van der Waals surface area contributed by atoms with E-state index < -0.39 is 27.9 Å². The van der Waals surface area contributed by atoms with E-state index in [1.807, 2.05) is 12.1 Å². The van der Waals surface area contributed by atoms with E-state index in [9.17, 15) is 18.0 Å². The maximum absolute atomic E-state index is 12.7. The minimum absolute atomic E-state index is 0.0121. The Morgan fingerprint density at radius 1 is 1.03 bits per heavy atom. The molecule has 1 unspecified atom stereocenters. The Balaban J connectivity index is 1.34. The molecule has 2 aromatic carbocycles. The Morgan fingerprint density at radius 2 is 1.79 bits per heavy atom. The van der Waals surface area contributed by atoms with Gasteiger partial charge in [-0.3, -0.25) is 9.59 Å². The van der Waals surface area contributed by atoms with Gasteiger partial charge < -0.3 is 15.4 Å². The zero-order chi connectivity index (χ0) is 27.0. The van der Waals surface area contributed by atoms with Crippen molar-refractivity contribution in [3.05, 3.63) is 89.1 Å². The quantitative estimate of drug-likeness (QED) is 0.322. The van der Waals surface area contributed by atoms with Crippen LogP contribution in [0.1, 0.15) is 40.5 Å². The second-order valence-electron chi connectivity index (χ2n) is 8.99. The number of hydrogen-bond donors (Lipinski definition) is 3. The first-order valence-corrected chi connectivity index (χ1v) is 14.2. The number of hydrogen-bond acceptors (Lipinski definition) is 7. The van der Waals surface area contributed by atoms with Crippen LogP contribution in [0.25, 0.3) is 0 Å². The molecular weight excluding hydrogens is 504 g/mol. The van der Waals surface area contributed by atoms with Crippen molar-refractivity contribution in [2.75, 3.05) is 25.0 Å². The van der Waals surface area contributed by atoms with Gasteiger partial charge in [-0.2, -0.15) is 4.72 Å². The summed E-state index contributed by atoms with van der Waals surface area (Å²) in [5, 5.41) is 5.99. The number of anilines is 1. The van der Waals surface area contributed by atoms with Gasteiger partial charge in [0.05, 0.1) is 11.5 Å². The van der Waals surface area contributed by atoms with Gasteiger partial charge in [-0.25, -0.2) is 13.4 Å². The summed E-state index contributed by atoms with van der Waals surface area (Å²) in [5.41, 5.74) is 3.74. The molecule has 0 fully saturated rings. The van der Waals surface area contributed by atoms with Gasteiger partial charge in [-0.1, -0.05) is 36.4 Å². The molecular formula is C28H32N4O5S. The van der Waals surface area contributed by atoms with Gasteiger partial charge in [0.25, 0.3) is 5.91 Å². The first-order valence-electron chi connectivity index (χ1n) is 12.7. The molecule has 3 N–H and O–H groups in total. The largest absolute Gasteiger partial charge is 0.465 e. The van der Waals surface area contributed by atoms with E-state index >= 15 is 0 Å². The third-order valence-electron chi connectivity index (χ3n) is 6.23. The minimum atomic E-state index is -3.99. The molecule has 0 saturated heterocycles. The van der Waals surface area contributed by atoms with Crippen LogP contribution in [0.2, 0.25) is 0 Å². The second-order valence-corrected chi connectivity index (χ2v) is 10.7. The maximum atomic E-state index is 12.7. The van der Waals surface area contributed by atoms with Crippen LogP contribution in [-0.2, 0) is 38.8 Å². The van der Waals surface area contributed by atoms with E-state index in [4.69, 9.17) is 9.72 Å². The SMILES string of the molecule is CCOC(=O)C(CNC(=O)c1ccc(CCc2ccc3c(n2)NCCC3)cc1)NS(=O)(=O)c1ccccc1. The molecule has 0 saturated carbocycles. The topological polar surface area (TPSA) is 126 Å². The van der Waals surface area contributed by atoms with Crippen molar-refractivity contribution in [3.63, 3.8) is 0 Å². The molecule has 200 valence electrons. The fourth-order valence-corrected chi connectivity index (χ4v) is 5.38. The third kappa shape index (κ3) is 7.17. The number of sulfonamides is 1. The number of aromatic nitrogens is 1. The molecule has 9 nitrogen and oxygen atoms in total. The summed E-state index contributed by atoms with van der Waals surface area (Å²) in [5.74, 6) is -0.214. The first-order chi connectivity index (χ1) is 18.4. The van der Waals surface area contributed by atoms with E-state index in [2.05, 4.69) is 27.5 Å². The predicted octanol–water partition coefficient (Wildman–Crippen LogP) is 2.86. The number of fused-ring (bicyclic) bond motifs is 1. The highest BCUT2D eigenvalue weighted by Gasteiger charge is 2.27. The number of esters is 1. The Morgan fingerprint density at radius 3 is 2.53 bits per heavy atom.